The van der Waals surface area contributed by atoms with Crippen LogP contribution in [0.5, 0.6) is 0 Å². The van der Waals surface area contributed by atoms with E-state index >= 15 is 0 Å². The molecule has 0 aromatic carbocycles. The Morgan fingerprint density at radius 2 is 1.56 bits per heavy atom. The van der Waals surface area contributed by atoms with Gasteiger partial charge in [-0.3, -0.25) is 4.79 Å². The second-order valence-corrected chi connectivity index (χ2v) is 4.28. The van der Waals surface area contributed by atoms with E-state index in [1.807, 2.05) is 0 Å². The molecule has 0 saturated heterocycles. The average molecular weight is 262 g/mol. The molecule has 0 aliphatic rings. The Hall–Kier alpha value is -1.14. The molecule has 0 aromatic rings. The molecule has 0 aliphatic heterocycles. The smallest absolute Gasteiger partial charge is 0.336 e. The van der Waals surface area contributed by atoms with Crippen LogP contribution < -0.4 is 0 Å². The Morgan fingerprint density at radius 1 is 1.11 bits per heavy atom. The standard InChI is InChI=1S/C12H22O6/c1-6-16-10(13)8(3)9(11(14)17-7-2)18-12(4,5)15/h8-9,15H,6-7H2,1-5H3. The van der Waals surface area contributed by atoms with Crippen LogP contribution in [0.3, 0.4) is 0 Å². The maximum absolute atomic E-state index is 11.7. The molecule has 2 atom stereocenters. The van der Waals surface area contributed by atoms with Gasteiger partial charge in [0.1, 0.15) is 0 Å². The van der Waals surface area contributed by atoms with Crippen LogP contribution in [-0.4, -0.2) is 42.1 Å². The van der Waals surface area contributed by atoms with Crippen molar-refractivity contribution < 1.29 is 28.9 Å². The Labute approximate surface area is 107 Å². The summed E-state index contributed by atoms with van der Waals surface area (Å²) in [6.07, 6.45) is -1.19. The summed E-state index contributed by atoms with van der Waals surface area (Å²) in [7, 11) is 0. The van der Waals surface area contributed by atoms with Crippen molar-refractivity contribution in [3.8, 4) is 0 Å². The molecular formula is C12H22O6. The second-order valence-electron chi connectivity index (χ2n) is 4.28. The van der Waals surface area contributed by atoms with Gasteiger partial charge in [0.15, 0.2) is 11.9 Å². The van der Waals surface area contributed by atoms with E-state index < -0.39 is 29.7 Å². The minimum Gasteiger partial charge on any atom is -0.466 e. The first-order valence-corrected chi connectivity index (χ1v) is 5.96. The largest absolute Gasteiger partial charge is 0.466 e. The maximum atomic E-state index is 11.7. The molecule has 0 heterocycles. The number of carbonyl (C=O) groups is 2. The zero-order chi connectivity index (χ0) is 14.3. The van der Waals surface area contributed by atoms with Gasteiger partial charge in [0, 0.05) is 0 Å². The van der Waals surface area contributed by atoms with Crippen molar-refractivity contribution in [2.24, 2.45) is 5.92 Å². The fourth-order valence-electron chi connectivity index (χ4n) is 1.29. The van der Waals surface area contributed by atoms with Crippen molar-refractivity contribution in [3.05, 3.63) is 0 Å². The van der Waals surface area contributed by atoms with Gasteiger partial charge in [-0.1, -0.05) is 0 Å². The van der Waals surface area contributed by atoms with Crippen LogP contribution in [-0.2, 0) is 23.8 Å². The van der Waals surface area contributed by atoms with Crippen LogP contribution in [0.15, 0.2) is 0 Å². The van der Waals surface area contributed by atoms with E-state index in [9.17, 15) is 14.7 Å². The fourth-order valence-corrected chi connectivity index (χ4v) is 1.29. The number of ether oxygens (including phenoxy) is 3. The zero-order valence-electron chi connectivity index (χ0n) is 11.6. The Balaban J connectivity index is 4.85. The fraction of sp³-hybridized carbons (Fsp3) is 0.833. The average Bonchev–Trinajstić information content (AvgIpc) is 2.24. The topological polar surface area (TPSA) is 82.1 Å². The minimum absolute atomic E-state index is 0.167. The molecule has 18 heavy (non-hydrogen) atoms. The molecule has 0 fully saturated rings. The number of hydrogen-bond acceptors (Lipinski definition) is 6. The van der Waals surface area contributed by atoms with Crippen molar-refractivity contribution in [1.29, 1.82) is 0 Å². The monoisotopic (exact) mass is 262 g/mol. The summed E-state index contributed by atoms with van der Waals surface area (Å²) in [5.41, 5.74) is 0. The van der Waals surface area contributed by atoms with E-state index in [0.717, 1.165) is 0 Å². The molecule has 106 valence electrons. The Bertz CT molecular complexity index is 281. The highest BCUT2D eigenvalue weighted by Crippen LogP contribution is 2.18. The number of aliphatic hydroxyl groups is 1. The normalized spacial score (nSPS) is 14.8. The first-order valence-electron chi connectivity index (χ1n) is 5.96. The minimum atomic E-state index is -1.54. The molecular weight excluding hydrogens is 240 g/mol. The van der Waals surface area contributed by atoms with Gasteiger partial charge in [-0.25, -0.2) is 4.79 Å². The summed E-state index contributed by atoms with van der Waals surface area (Å²) < 4.78 is 14.8. The highest BCUT2D eigenvalue weighted by atomic mass is 16.7. The van der Waals surface area contributed by atoms with Gasteiger partial charge in [0.25, 0.3) is 0 Å². The Morgan fingerprint density at radius 3 is 1.94 bits per heavy atom. The van der Waals surface area contributed by atoms with E-state index in [2.05, 4.69) is 0 Å². The lowest BCUT2D eigenvalue weighted by atomic mass is 10.0. The van der Waals surface area contributed by atoms with E-state index in [0.29, 0.717) is 0 Å². The van der Waals surface area contributed by atoms with Crippen molar-refractivity contribution >= 4 is 11.9 Å². The van der Waals surface area contributed by atoms with Gasteiger partial charge in [-0.15, -0.1) is 0 Å². The van der Waals surface area contributed by atoms with E-state index in [4.69, 9.17) is 14.2 Å². The van der Waals surface area contributed by atoms with Gasteiger partial charge in [-0.05, 0) is 34.6 Å². The Kier molecular flexibility index (Phi) is 6.86. The molecule has 0 radical (unpaired) electrons. The molecule has 6 heteroatoms. The number of hydrogen-bond donors (Lipinski definition) is 1. The summed E-state index contributed by atoms with van der Waals surface area (Å²) in [5.74, 6) is -3.66. The maximum Gasteiger partial charge on any atom is 0.336 e. The molecule has 0 saturated carbocycles. The van der Waals surface area contributed by atoms with Crippen LogP contribution in [0.2, 0.25) is 0 Å². The van der Waals surface area contributed by atoms with E-state index in [-0.39, 0.29) is 13.2 Å². The van der Waals surface area contributed by atoms with Gasteiger partial charge in [0.05, 0.1) is 19.1 Å². The van der Waals surface area contributed by atoms with Crippen molar-refractivity contribution in [2.45, 2.75) is 46.5 Å². The predicted molar refractivity (Wildman–Crippen MR) is 63.6 cm³/mol. The highest BCUT2D eigenvalue weighted by molar-refractivity contribution is 5.83. The molecule has 0 aliphatic carbocycles. The van der Waals surface area contributed by atoms with Crippen LogP contribution in [0, 0.1) is 5.92 Å². The summed E-state index contributed by atoms with van der Waals surface area (Å²) in [5, 5.41) is 9.58. The van der Waals surface area contributed by atoms with Gasteiger partial charge in [-0.2, -0.15) is 0 Å². The third-order valence-corrected chi connectivity index (χ3v) is 2.05. The molecule has 0 amide bonds. The van der Waals surface area contributed by atoms with E-state index in [1.165, 1.54) is 20.8 Å². The van der Waals surface area contributed by atoms with Crippen LogP contribution in [0.4, 0.5) is 0 Å². The van der Waals surface area contributed by atoms with Crippen molar-refractivity contribution in [2.75, 3.05) is 13.2 Å². The van der Waals surface area contributed by atoms with Crippen LogP contribution in [0.1, 0.15) is 34.6 Å². The zero-order valence-corrected chi connectivity index (χ0v) is 11.6. The quantitative estimate of drug-likeness (QED) is 0.541. The first-order chi connectivity index (χ1) is 8.22. The van der Waals surface area contributed by atoms with E-state index in [1.54, 1.807) is 13.8 Å². The van der Waals surface area contributed by atoms with Crippen molar-refractivity contribution in [1.82, 2.24) is 0 Å². The van der Waals surface area contributed by atoms with Crippen LogP contribution >= 0.6 is 0 Å². The van der Waals surface area contributed by atoms with Gasteiger partial charge in [0.2, 0.25) is 0 Å². The van der Waals surface area contributed by atoms with Gasteiger partial charge < -0.3 is 19.3 Å². The molecule has 0 spiro atoms. The lowest BCUT2D eigenvalue weighted by molar-refractivity contribution is -0.227. The lowest BCUT2D eigenvalue weighted by Crippen LogP contribution is -2.43. The highest BCUT2D eigenvalue weighted by Gasteiger charge is 2.37. The molecule has 2 unspecified atom stereocenters. The number of rotatable bonds is 7. The number of esters is 2. The first kappa shape index (κ1) is 16.9. The molecule has 0 bridgehead atoms. The summed E-state index contributed by atoms with van der Waals surface area (Å²) in [4.78, 5) is 23.3. The predicted octanol–water partition coefficient (Wildman–Crippen LogP) is 0.862. The number of carbonyl (C=O) groups excluding carboxylic acids is 2. The third-order valence-electron chi connectivity index (χ3n) is 2.05. The summed E-state index contributed by atoms with van der Waals surface area (Å²) >= 11 is 0. The second kappa shape index (κ2) is 7.33. The van der Waals surface area contributed by atoms with Crippen LogP contribution in [0.25, 0.3) is 0 Å². The lowest BCUT2D eigenvalue weighted by Gasteiger charge is -2.27. The van der Waals surface area contributed by atoms with Crippen molar-refractivity contribution in [3.63, 3.8) is 0 Å². The SMILES string of the molecule is CCOC(=O)C(C)C(OC(C)(C)O)C(=O)OCC. The molecule has 0 rings (SSSR count). The summed E-state index contributed by atoms with van der Waals surface area (Å²) in [6.45, 7) is 7.93. The van der Waals surface area contributed by atoms with Gasteiger partial charge >= 0.3 is 11.9 Å². The molecule has 1 N–H and O–H groups in total. The third kappa shape index (κ3) is 5.97. The molecule has 6 nitrogen and oxygen atoms in total. The summed E-state index contributed by atoms with van der Waals surface area (Å²) in [6, 6.07) is 0. The molecule has 0 aromatic heterocycles.